The summed E-state index contributed by atoms with van der Waals surface area (Å²) in [4.78, 5) is 12.4. The minimum atomic E-state index is -2.64. The number of hydrogen-bond donors (Lipinski definition) is 1. The molecule has 0 aliphatic rings. The molecular formula is C17H19O4P. The first-order valence-corrected chi connectivity index (χ1v) is 8.41. The summed E-state index contributed by atoms with van der Waals surface area (Å²) >= 11 is 0. The molecule has 4 nitrogen and oxygen atoms in total. The molecule has 1 unspecified atom stereocenters. The highest BCUT2D eigenvalue weighted by Gasteiger charge is 2.20. The summed E-state index contributed by atoms with van der Waals surface area (Å²) in [5.74, 6) is -0.442. The molecule has 22 heavy (non-hydrogen) atoms. The number of aromatic hydroxyl groups is 1. The Kier molecular flexibility index (Phi) is 5.04. The molecule has 0 fully saturated rings. The molecule has 2 rings (SSSR count). The van der Waals surface area contributed by atoms with E-state index in [0.29, 0.717) is 34.0 Å². The van der Waals surface area contributed by atoms with Crippen LogP contribution in [0, 0.1) is 13.8 Å². The molecule has 2 aromatic carbocycles. The third-order valence-corrected chi connectivity index (χ3v) is 4.81. The molecule has 1 atom stereocenters. The fourth-order valence-corrected chi connectivity index (χ4v) is 3.38. The first-order chi connectivity index (χ1) is 10.5. The Morgan fingerprint density at radius 1 is 1.23 bits per heavy atom. The average molecular weight is 318 g/mol. The van der Waals surface area contributed by atoms with Crippen LogP contribution in [0.25, 0.3) is 0 Å². The first-order valence-electron chi connectivity index (χ1n) is 7.09. The lowest BCUT2D eigenvalue weighted by atomic mass is 9.95. The van der Waals surface area contributed by atoms with Gasteiger partial charge in [0, 0.05) is 5.30 Å². The van der Waals surface area contributed by atoms with Gasteiger partial charge in [-0.15, -0.1) is 0 Å². The lowest BCUT2D eigenvalue weighted by Crippen LogP contribution is -2.10. The Balaban J connectivity index is 2.33. The van der Waals surface area contributed by atoms with Gasteiger partial charge in [-0.1, -0.05) is 25.1 Å². The zero-order chi connectivity index (χ0) is 16.3. The molecule has 0 radical (unpaired) electrons. The van der Waals surface area contributed by atoms with Crippen molar-refractivity contribution in [2.75, 3.05) is 0 Å². The van der Waals surface area contributed by atoms with E-state index in [-0.39, 0.29) is 5.75 Å². The van der Waals surface area contributed by atoms with Crippen LogP contribution in [-0.2, 0) is 15.5 Å². The highest BCUT2D eigenvalue weighted by atomic mass is 31.1. The van der Waals surface area contributed by atoms with E-state index in [1.165, 1.54) is 0 Å². The number of phenolic OH excluding ortho intramolecular Hbond substituents is 1. The monoisotopic (exact) mass is 318 g/mol. The molecular weight excluding hydrogens is 299 g/mol. The van der Waals surface area contributed by atoms with Crippen LogP contribution < -0.4 is 5.30 Å². The van der Waals surface area contributed by atoms with Crippen LogP contribution in [0.2, 0.25) is 0 Å². The van der Waals surface area contributed by atoms with Gasteiger partial charge in [0.15, 0.2) is 0 Å². The maximum absolute atomic E-state index is 12.4. The SMILES string of the molecule is CCc1c(O)cc(C)c(C(=O)O[PH](=O)c2ccccc2)c1C. The van der Waals surface area contributed by atoms with Gasteiger partial charge in [-0.2, -0.15) is 0 Å². The van der Waals surface area contributed by atoms with Crippen molar-refractivity contribution in [1.82, 2.24) is 0 Å². The van der Waals surface area contributed by atoms with Gasteiger partial charge in [0.1, 0.15) is 5.75 Å². The van der Waals surface area contributed by atoms with Gasteiger partial charge in [-0.25, -0.2) is 4.79 Å². The van der Waals surface area contributed by atoms with Crippen LogP contribution in [0.15, 0.2) is 36.4 Å². The second-order valence-electron chi connectivity index (χ2n) is 5.09. The molecule has 0 spiro atoms. The predicted octanol–water partition coefficient (Wildman–Crippen LogP) is 3.53. The Morgan fingerprint density at radius 3 is 2.45 bits per heavy atom. The third-order valence-electron chi connectivity index (χ3n) is 3.64. The number of aryl methyl sites for hydroxylation is 1. The number of phenols is 1. The van der Waals surface area contributed by atoms with Crippen LogP contribution in [0.5, 0.6) is 5.75 Å². The van der Waals surface area contributed by atoms with Crippen LogP contribution in [-0.4, -0.2) is 11.1 Å². The average Bonchev–Trinajstić information content (AvgIpc) is 2.48. The van der Waals surface area contributed by atoms with E-state index in [9.17, 15) is 14.5 Å². The van der Waals surface area contributed by atoms with Crippen LogP contribution in [0.1, 0.15) is 34.0 Å². The molecule has 0 saturated heterocycles. The van der Waals surface area contributed by atoms with Crippen molar-refractivity contribution < 1.29 is 19.0 Å². The maximum Gasteiger partial charge on any atom is 0.343 e. The summed E-state index contributed by atoms with van der Waals surface area (Å²) in [6.45, 7) is 5.39. The summed E-state index contributed by atoms with van der Waals surface area (Å²) < 4.78 is 17.3. The van der Waals surface area contributed by atoms with E-state index in [4.69, 9.17) is 4.52 Å². The molecule has 0 saturated carbocycles. The fourth-order valence-electron chi connectivity index (χ4n) is 2.53. The van der Waals surface area contributed by atoms with Gasteiger partial charge >= 0.3 is 5.97 Å². The number of carbonyl (C=O) groups is 1. The van der Waals surface area contributed by atoms with Gasteiger partial charge < -0.3 is 9.63 Å². The van der Waals surface area contributed by atoms with Crippen molar-refractivity contribution in [3.05, 3.63) is 58.7 Å². The molecule has 0 aliphatic heterocycles. The summed E-state index contributed by atoms with van der Waals surface area (Å²) in [5, 5.41) is 10.4. The van der Waals surface area contributed by atoms with E-state index in [1.807, 2.05) is 13.0 Å². The Bertz CT molecular complexity index is 723. The maximum atomic E-state index is 12.4. The summed E-state index contributed by atoms with van der Waals surface area (Å²) in [5.41, 5.74) is 2.37. The van der Waals surface area contributed by atoms with Gasteiger partial charge in [0.2, 0.25) is 0 Å². The van der Waals surface area contributed by atoms with E-state index in [2.05, 4.69) is 0 Å². The van der Waals surface area contributed by atoms with Crippen LogP contribution in [0.3, 0.4) is 0 Å². The predicted molar refractivity (Wildman–Crippen MR) is 87.5 cm³/mol. The van der Waals surface area contributed by atoms with Crippen molar-refractivity contribution >= 4 is 19.3 Å². The van der Waals surface area contributed by atoms with E-state index >= 15 is 0 Å². The van der Waals surface area contributed by atoms with Crippen molar-refractivity contribution in [2.24, 2.45) is 0 Å². The molecule has 0 heterocycles. The van der Waals surface area contributed by atoms with E-state index in [0.717, 1.165) is 0 Å². The smallest absolute Gasteiger partial charge is 0.343 e. The Morgan fingerprint density at radius 2 is 1.86 bits per heavy atom. The molecule has 0 amide bonds. The van der Waals surface area contributed by atoms with Gasteiger partial charge in [0.05, 0.1) is 5.56 Å². The fraction of sp³-hybridized carbons (Fsp3) is 0.235. The largest absolute Gasteiger partial charge is 0.508 e. The van der Waals surface area contributed by atoms with Crippen molar-refractivity contribution in [3.63, 3.8) is 0 Å². The van der Waals surface area contributed by atoms with E-state index in [1.54, 1.807) is 44.2 Å². The Labute approximate surface area is 130 Å². The Hall–Kier alpha value is -2.06. The zero-order valence-corrected chi connectivity index (χ0v) is 13.8. The normalized spacial score (nSPS) is 12.0. The van der Waals surface area contributed by atoms with Crippen LogP contribution in [0.4, 0.5) is 0 Å². The topological polar surface area (TPSA) is 63.6 Å². The van der Waals surface area contributed by atoms with E-state index < -0.39 is 14.0 Å². The van der Waals surface area contributed by atoms with Crippen molar-refractivity contribution in [2.45, 2.75) is 27.2 Å². The summed E-state index contributed by atoms with van der Waals surface area (Å²) in [6.07, 6.45) is 0.603. The third kappa shape index (κ3) is 3.23. The minimum Gasteiger partial charge on any atom is -0.508 e. The number of rotatable bonds is 4. The second-order valence-corrected chi connectivity index (χ2v) is 6.44. The molecule has 5 heteroatoms. The molecule has 116 valence electrons. The molecule has 0 bridgehead atoms. The van der Waals surface area contributed by atoms with Gasteiger partial charge in [-0.3, -0.25) is 4.57 Å². The van der Waals surface area contributed by atoms with Gasteiger partial charge in [-0.05, 0) is 55.2 Å². The number of hydrogen-bond acceptors (Lipinski definition) is 4. The summed E-state index contributed by atoms with van der Waals surface area (Å²) in [6, 6.07) is 10.2. The quantitative estimate of drug-likeness (QED) is 0.876. The first kappa shape index (κ1) is 16.3. The minimum absolute atomic E-state index is 0.171. The van der Waals surface area contributed by atoms with Crippen molar-refractivity contribution in [3.8, 4) is 5.75 Å². The van der Waals surface area contributed by atoms with Crippen molar-refractivity contribution in [1.29, 1.82) is 0 Å². The highest BCUT2D eigenvalue weighted by molar-refractivity contribution is 7.49. The molecule has 0 aromatic heterocycles. The highest BCUT2D eigenvalue weighted by Crippen LogP contribution is 2.31. The zero-order valence-electron chi connectivity index (χ0n) is 12.8. The lowest BCUT2D eigenvalue weighted by Gasteiger charge is -2.14. The number of carbonyl (C=O) groups excluding carboxylic acids is 1. The second kappa shape index (κ2) is 6.80. The van der Waals surface area contributed by atoms with Gasteiger partial charge in [0.25, 0.3) is 8.03 Å². The molecule has 1 N–H and O–H groups in total. The lowest BCUT2D eigenvalue weighted by molar-refractivity contribution is 0.0750. The van der Waals surface area contributed by atoms with Crippen LogP contribution >= 0.6 is 8.03 Å². The summed E-state index contributed by atoms with van der Waals surface area (Å²) in [7, 11) is -2.64. The molecule has 2 aromatic rings. The number of benzene rings is 2. The standard InChI is InChI=1S/C17H19O4P/c1-4-14-12(3)16(11(2)10-15(14)18)17(19)21-22(20)13-8-6-5-7-9-13/h5-10,18,22H,4H2,1-3H3. The molecule has 0 aliphatic carbocycles.